The zero-order valence-electron chi connectivity index (χ0n) is 8.75. The van der Waals surface area contributed by atoms with Crippen molar-refractivity contribution in [2.75, 3.05) is 0 Å². The Kier molecular flexibility index (Phi) is 3.53. The zero-order chi connectivity index (χ0) is 11.7. The van der Waals surface area contributed by atoms with Crippen molar-refractivity contribution in [3.05, 3.63) is 45.8 Å². The van der Waals surface area contributed by atoms with Gasteiger partial charge in [0.2, 0.25) is 0 Å². The molecule has 84 valence electrons. The van der Waals surface area contributed by atoms with Crippen molar-refractivity contribution in [3.8, 4) is 17.7 Å². The van der Waals surface area contributed by atoms with Gasteiger partial charge in [-0.1, -0.05) is 0 Å². The molecule has 0 saturated carbocycles. The van der Waals surface area contributed by atoms with E-state index in [0.717, 1.165) is 10.7 Å². The van der Waals surface area contributed by atoms with Crippen LogP contribution in [0.4, 0.5) is 0 Å². The second kappa shape index (κ2) is 5.12. The van der Waals surface area contributed by atoms with Crippen molar-refractivity contribution < 1.29 is 4.79 Å². The molecule has 0 bridgehead atoms. The summed E-state index contributed by atoms with van der Waals surface area (Å²) < 4.78 is 6.87. The molecule has 0 aromatic carbocycles. The second-order valence-corrected chi connectivity index (χ2v) is 10.1. The van der Waals surface area contributed by atoms with Crippen molar-refractivity contribution in [2.24, 2.45) is 0 Å². The zero-order valence-corrected chi connectivity index (χ0v) is 13.9. The van der Waals surface area contributed by atoms with E-state index in [1.807, 2.05) is 6.07 Å². The molecule has 17 heavy (non-hydrogen) atoms. The van der Waals surface area contributed by atoms with Crippen LogP contribution in [0.2, 0.25) is 0 Å². The van der Waals surface area contributed by atoms with Gasteiger partial charge in [0.25, 0.3) is 0 Å². The van der Waals surface area contributed by atoms with Gasteiger partial charge in [-0.25, -0.2) is 0 Å². The Labute approximate surface area is 117 Å². The van der Waals surface area contributed by atoms with Gasteiger partial charge in [-0.3, -0.25) is 0 Å². The summed E-state index contributed by atoms with van der Waals surface area (Å²) in [7, 11) is 0. The maximum absolute atomic E-state index is 10.7. The molecule has 0 saturated heterocycles. The van der Waals surface area contributed by atoms with E-state index in [1.54, 1.807) is 0 Å². The first-order valence-electron chi connectivity index (χ1n) is 5.06. The topological polar surface area (TPSA) is 17.1 Å². The van der Waals surface area contributed by atoms with Crippen molar-refractivity contribution in [1.82, 2.24) is 0 Å². The molecule has 4 heteroatoms. The van der Waals surface area contributed by atoms with Crippen molar-refractivity contribution in [3.63, 3.8) is 0 Å². The van der Waals surface area contributed by atoms with Crippen LogP contribution in [0.1, 0.15) is 9.23 Å². The molecule has 0 amide bonds. The summed E-state index contributed by atoms with van der Waals surface area (Å²) in [6, 6.07) is 13.0. The van der Waals surface area contributed by atoms with Gasteiger partial charge < -0.3 is 0 Å². The normalized spacial score (nSPS) is 10.6. The van der Waals surface area contributed by atoms with Gasteiger partial charge >= 0.3 is 118 Å². The molecule has 0 spiro atoms. The van der Waals surface area contributed by atoms with Crippen LogP contribution in [0.15, 0.2) is 41.3 Å². The van der Waals surface area contributed by atoms with Crippen LogP contribution in [-0.4, -0.2) is 49.8 Å². The van der Waals surface area contributed by atoms with Crippen LogP contribution >= 0.6 is 0 Å². The molecule has 0 aliphatic carbocycles. The summed E-state index contributed by atoms with van der Waals surface area (Å²) in [4.78, 5) is 13.0. The summed E-state index contributed by atoms with van der Waals surface area (Å²) >= 11 is 1.23. The van der Waals surface area contributed by atoms with Crippen LogP contribution in [0.25, 0.3) is 17.7 Å². The Bertz CT molecular complexity index is 631. The average Bonchev–Trinajstić information content (AvgIpc) is 3.09. The van der Waals surface area contributed by atoms with E-state index in [-0.39, 0.29) is 14.5 Å². The summed E-state index contributed by atoms with van der Waals surface area (Å²) in [6.07, 6.45) is 0.993. The van der Waals surface area contributed by atoms with E-state index in [1.165, 1.54) is 17.7 Å². The molecule has 3 rings (SSSR count). The Morgan fingerprint density at radius 3 is 2.18 bits per heavy atom. The minimum atomic E-state index is 0.242. The predicted octanol–water partition coefficient (Wildman–Crippen LogP) is 2.00. The van der Waals surface area contributed by atoms with Crippen molar-refractivity contribution in [1.29, 1.82) is 0 Å². The second-order valence-electron chi connectivity index (χ2n) is 3.46. The Hall–Kier alpha value is -0.332. The van der Waals surface area contributed by atoms with Crippen LogP contribution < -0.4 is 0 Å². The third-order valence-electron chi connectivity index (χ3n) is 2.36. The number of carbonyl (C=O) groups is 1. The third-order valence-corrected chi connectivity index (χ3v) is 10.2. The Balaban J connectivity index is 1.97. The molecule has 3 aromatic heterocycles. The summed E-state index contributed by atoms with van der Waals surface area (Å²) in [5, 5.41) is 0. The molecule has 0 radical (unpaired) electrons. The van der Waals surface area contributed by atoms with Crippen molar-refractivity contribution >= 4 is 49.8 Å². The van der Waals surface area contributed by atoms with Gasteiger partial charge in [0.05, 0.1) is 0 Å². The molecule has 0 aliphatic rings. The van der Waals surface area contributed by atoms with Gasteiger partial charge in [0, 0.05) is 0 Å². The third kappa shape index (κ3) is 2.44. The first-order chi connectivity index (χ1) is 8.36. The molecule has 0 unspecified atom stereocenters. The molecule has 1 nitrogen and oxygen atoms in total. The van der Waals surface area contributed by atoms with Gasteiger partial charge in [0.15, 0.2) is 0 Å². The number of hydrogen-bond donors (Lipinski definition) is 0. The van der Waals surface area contributed by atoms with Crippen LogP contribution in [0.5, 0.6) is 0 Å². The number of carbonyl (C=O) groups excluding carboxylic acids is 1. The number of aldehydes is 1. The first-order valence-corrected chi connectivity index (χ1v) is 10.3. The molecular formula is C13H8OSe3. The van der Waals surface area contributed by atoms with Gasteiger partial charge in [-0.15, -0.1) is 0 Å². The molecule has 0 atom stereocenters. The van der Waals surface area contributed by atoms with Gasteiger partial charge in [-0.2, -0.15) is 0 Å². The van der Waals surface area contributed by atoms with Gasteiger partial charge in [0.1, 0.15) is 0 Å². The molecule has 0 fully saturated rings. The van der Waals surface area contributed by atoms with E-state index < -0.39 is 0 Å². The molecule has 3 heterocycles. The predicted molar refractivity (Wildman–Crippen MR) is 73.5 cm³/mol. The number of hydrogen-bond acceptors (Lipinski definition) is 1. The summed E-state index contributed by atoms with van der Waals surface area (Å²) in [6.45, 7) is 0. The van der Waals surface area contributed by atoms with Gasteiger partial charge in [-0.05, 0) is 0 Å². The Morgan fingerprint density at radius 1 is 0.824 bits per heavy atom. The monoisotopic (exact) mass is 420 g/mol. The fourth-order valence-corrected chi connectivity index (χ4v) is 8.15. The molecule has 0 N–H and O–H groups in total. The quantitative estimate of drug-likeness (QED) is 0.471. The fourth-order valence-electron chi connectivity index (χ4n) is 1.57. The minimum absolute atomic E-state index is 0.242. The standard InChI is InChI=1S/C13H8OSe3/c14-8-9-3-4-12(16-9)13-6-5-11(17-13)10-2-1-7-15-10/h1-8H. The first kappa shape index (κ1) is 11.7. The Morgan fingerprint density at radius 2 is 1.53 bits per heavy atom. The summed E-state index contributed by atoms with van der Waals surface area (Å²) in [5.74, 6) is 0. The van der Waals surface area contributed by atoms with E-state index >= 15 is 0 Å². The number of rotatable bonds is 3. The van der Waals surface area contributed by atoms with E-state index in [9.17, 15) is 4.79 Å². The van der Waals surface area contributed by atoms with Crippen molar-refractivity contribution in [2.45, 2.75) is 0 Å². The van der Waals surface area contributed by atoms with Crippen LogP contribution in [0, 0.1) is 0 Å². The van der Waals surface area contributed by atoms with Crippen LogP contribution in [0.3, 0.4) is 0 Å². The average molecular weight is 417 g/mol. The molecule has 0 aliphatic heterocycles. The van der Waals surface area contributed by atoms with E-state index in [4.69, 9.17) is 0 Å². The molecule has 3 aromatic rings. The van der Waals surface area contributed by atoms with Crippen LogP contribution in [-0.2, 0) is 0 Å². The maximum atomic E-state index is 10.7. The summed E-state index contributed by atoms with van der Waals surface area (Å²) in [5.41, 5.74) is 0. The fraction of sp³-hybridized carbons (Fsp3) is 0. The van der Waals surface area contributed by atoms with E-state index in [0.29, 0.717) is 29.0 Å². The van der Waals surface area contributed by atoms with E-state index in [2.05, 4.69) is 35.3 Å². The SMILES string of the molecule is O=Cc1ccc(-c2ccc(-c3ccc[se]3)[se]2)[se]1. The molecular weight excluding hydrogens is 409 g/mol.